The van der Waals surface area contributed by atoms with E-state index in [2.05, 4.69) is 26.0 Å². The summed E-state index contributed by atoms with van der Waals surface area (Å²) in [6.45, 7) is 1.75. The number of amides is 1. The summed E-state index contributed by atoms with van der Waals surface area (Å²) in [7, 11) is 1.30. The lowest BCUT2D eigenvalue weighted by molar-refractivity contribution is 0.0600. The molecule has 2 aromatic carbocycles. The molecular formula is C16H13BrFNO3. The molecule has 0 spiro atoms. The molecular weight excluding hydrogens is 353 g/mol. The first kappa shape index (κ1) is 16.2. The van der Waals surface area contributed by atoms with Gasteiger partial charge in [-0.15, -0.1) is 0 Å². The summed E-state index contributed by atoms with van der Waals surface area (Å²) >= 11 is 3.21. The molecule has 114 valence electrons. The molecule has 0 atom stereocenters. The highest BCUT2D eigenvalue weighted by Crippen LogP contribution is 2.22. The third-order valence-electron chi connectivity index (χ3n) is 3.07. The van der Waals surface area contributed by atoms with Gasteiger partial charge >= 0.3 is 5.97 Å². The number of aryl methyl sites for hydroxylation is 1. The van der Waals surface area contributed by atoms with E-state index in [0.717, 1.165) is 6.07 Å². The molecule has 0 radical (unpaired) electrons. The van der Waals surface area contributed by atoms with Crippen molar-refractivity contribution in [2.24, 2.45) is 0 Å². The highest BCUT2D eigenvalue weighted by molar-refractivity contribution is 9.10. The lowest BCUT2D eigenvalue weighted by atomic mass is 10.1. The van der Waals surface area contributed by atoms with E-state index in [1.165, 1.54) is 19.2 Å². The Bertz CT molecular complexity index is 746. The summed E-state index contributed by atoms with van der Waals surface area (Å²) in [6.07, 6.45) is 0. The number of rotatable bonds is 3. The monoisotopic (exact) mass is 365 g/mol. The number of nitrogens with one attached hydrogen (secondary N) is 1. The van der Waals surface area contributed by atoms with Crippen LogP contribution in [-0.2, 0) is 4.74 Å². The van der Waals surface area contributed by atoms with Gasteiger partial charge in [0.05, 0.1) is 18.2 Å². The average molecular weight is 366 g/mol. The fraction of sp³-hybridized carbons (Fsp3) is 0.125. The van der Waals surface area contributed by atoms with Gasteiger partial charge in [-0.25, -0.2) is 9.18 Å². The molecule has 0 aromatic heterocycles. The summed E-state index contributed by atoms with van der Waals surface area (Å²) in [6, 6.07) is 8.65. The Kier molecular flexibility index (Phi) is 4.92. The first-order valence-electron chi connectivity index (χ1n) is 6.37. The van der Waals surface area contributed by atoms with E-state index in [1.54, 1.807) is 25.1 Å². The molecule has 0 heterocycles. The van der Waals surface area contributed by atoms with Gasteiger partial charge in [-0.3, -0.25) is 4.79 Å². The summed E-state index contributed by atoms with van der Waals surface area (Å²) in [5, 5.41) is 2.69. The van der Waals surface area contributed by atoms with E-state index >= 15 is 0 Å². The van der Waals surface area contributed by atoms with Crippen LogP contribution in [0.25, 0.3) is 0 Å². The topological polar surface area (TPSA) is 55.4 Å². The quantitative estimate of drug-likeness (QED) is 0.838. The maximum absolute atomic E-state index is 13.3. The van der Waals surface area contributed by atoms with Gasteiger partial charge in [0.2, 0.25) is 0 Å². The van der Waals surface area contributed by atoms with E-state index in [4.69, 9.17) is 0 Å². The number of esters is 1. The van der Waals surface area contributed by atoms with Crippen molar-refractivity contribution in [2.75, 3.05) is 12.4 Å². The van der Waals surface area contributed by atoms with Gasteiger partial charge < -0.3 is 10.1 Å². The molecule has 2 rings (SSSR count). The SMILES string of the molecule is COC(=O)c1ccc(NC(=O)c2cc(F)ccc2Br)c(C)c1. The van der Waals surface area contributed by atoms with E-state index < -0.39 is 17.7 Å². The Morgan fingerprint density at radius 3 is 2.55 bits per heavy atom. The third-order valence-corrected chi connectivity index (χ3v) is 3.76. The summed E-state index contributed by atoms with van der Waals surface area (Å²) in [5.74, 6) is -1.39. The molecule has 2 aromatic rings. The number of carbonyl (C=O) groups is 2. The van der Waals surface area contributed by atoms with Crippen molar-refractivity contribution in [3.05, 3.63) is 63.4 Å². The van der Waals surface area contributed by atoms with Gasteiger partial charge in [0.15, 0.2) is 0 Å². The smallest absolute Gasteiger partial charge is 0.337 e. The lowest BCUT2D eigenvalue weighted by Crippen LogP contribution is -2.14. The zero-order valence-corrected chi connectivity index (χ0v) is 13.5. The van der Waals surface area contributed by atoms with Crippen molar-refractivity contribution >= 4 is 33.5 Å². The Labute approximate surface area is 135 Å². The van der Waals surface area contributed by atoms with Gasteiger partial charge in [0.25, 0.3) is 5.91 Å². The minimum absolute atomic E-state index is 0.191. The lowest BCUT2D eigenvalue weighted by Gasteiger charge is -2.10. The Morgan fingerprint density at radius 2 is 1.91 bits per heavy atom. The number of benzene rings is 2. The van der Waals surface area contributed by atoms with Crippen LogP contribution in [0.2, 0.25) is 0 Å². The van der Waals surface area contributed by atoms with E-state index in [0.29, 0.717) is 21.3 Å². The molecule has 0 aliphatic rings. The highest BCUT2D eigenvalue weighted by Gasteiger charge is 2.14. The molecule has 0 aliphatic carbocycles. The second-order valence-electron chi connectivity index (χ2n) is 4.60. The van der Waals surface area contributed by atoms with Gasteiger partial charge in [-0.1, -0.05) is 0 Å². The number of carbonyl (C=O) groups excluding carboxylic acids is 2. The van der Waals surface area contributed by atoms with Crippen molar-refractivity contribution in [1.29, 1.82) is 0 Å². The average Bonchev–Trinajstić information content (AvgIpc) is 2.50. The molecule has 4 nitrogen and oxygen atoms in total. The van der Waals surface area contributed by atoms with Crippen molar-refractivity contribution in [1.82, 2.24) is 0 Å². The molecule has 1 amide bonds. The van der Waals surface area contributed by atoms with Crippen LogP contribution in [0.4, 0.5) is 10.1 Å². The largest absolute Gasteiger partial charge is 0.465 e. The Morgan fingerprint density at radius 1 is 1.18 bits per heavy atom. The zero-order valence-electron chi connectivity index (χ0n) is 11.9. The van der Waals surface area contributed by atoms with Gasteiger partial charge in [-0.05, 0) is 64.8 Å². The van der Waals surface area contributed by atoms with Gasteiger partial charge in [0, 0.05) is 10.2 Å². The molecule has 0 bridgehead atoms. The van der Waals surface area contributed by atoms with Crippen LogP contribution < -0.4 is 5.32 Å². The number of ether oxygens (including phenoxy) is 1. The summed E-state index contributed by atoms with van der Waals surface area (Å²) < 4.78 is 18.4. The number of methoxy groups -OCH3 is 1. The van der Waals surface area contributed by atoms with E-state index in [9.17, 15) is 14.0 Å². The predicted octanol–water partition coefficient (Wildman–Crippen LogP) is 3.94. The van der Waals surface area contributed by atoms with Crippen LogP contribution in [0.15, 0.2) is 40.9 Å². The Hall–Kier alpha value is -2.21. The summed E-state index contributed by atoms with van der Waals surface area (Å²) in [5.41, 5.74) is 1.82. The van der Waals surface area contributed by atoms with Crippen LogP contribution >= 0.6 is 15.9 Å². The molecule has 0 saturated heterocycles. The van der Waals surface area contributed by atoms with Crippen LogP contribution in [0.3, 0.4) is 0 Å². The highest BCUT2D eigenvalue weighted by atomic mass is 79.9. The van der Waals surface area contributed by atoms with E-state index in [1.807, 2.05) is 0 Å². The predicted molar refractivity (Wildman–Crippen MR) is 84.6 cm³/mol. The molecule has 0 saturated carbocycles. The molecule has 0 unspecified atom stereocenters. The van der Waals surface area contributed by atoms with Crippen molar-refractivity contribution in [2.45, 2.75) is 6.92 Å². The minimum Gasteiger partial charge on any atom is -0.465 e. The van der Waals surface area contributed by atoms with Crippen molar-refractivity contribution in [3.8, 4) is 0 Å². The number of halogens is 2. The first-order valence-corrected chi connectivity index (χ1v) is 7.17. The fourth-order valence-electron chi connectivity index (χ4n) is 1.91. The maximum atomic E-state index is 13.3. The van der Waals surface area contributed by atoms with Crippen LogP contribution in [0, 0.1) is 12.7 Å². The number of hydrogen-bond acceptors (Lipinski definition) is 3. The number of hydrogen-bond donors (Lipinski definition) is 1. The number of anilines is 1. The molecule has 0 fully saturated rings. The summed E-state index contributed by atoms with van der Waals surface area (Å²) in [4.78, 5) is 23.7. The Balaban J connectivity index is 2.25. The molecule has 6 heteroatoms. The molecule has 0 aliphatic heterocycles. The molecule has 22 heavy (non-hydrogen) atoms. The van der Waals surface area contributed by atoms with Crippen LogP contribution in [0.5, 0.6) is 0 Å². The maximum Gasteiger partial charge on any atom is 0.337 e. The van der Waals surface area contributed by atoms with Crippen LogP contribution in [0.1, 0.15) is 26.3 Å². The second kappa shape index (κ2) is 6.70. The van der Waals surface area contributed by atoms with Gasteiger partial charge in [-0.2, -0.15) is 0 Å². The first-order chi connectivity index (χ1) is 10.4. The van der Waals surface area contributed by atoms with Gasteiger partial charge in [0.1, 0.15) is 5.82 Å². The van der Waals surface area contributed by atoms with Crippen molar-refractivity contribution < 1.29 is 18.7 Å². The van der Waals surface area contributed by atoms with Crippen molar-refractivity contribution in [3.63, 3.8) is 0 Å². The second-order valence-corrected chi connectivity index (χ2v) is 5.45. The molecule has 1 N–H and O–H groups in total. The third kappa shape index (κ3) is 3.51. The van der Waals surface area contributed by atoms with Crippen LogP contribution in [-0.4, -0.2) is 19.0 Å². The minimum atomic E-state index is -0.494. The standard InChI is InChI=1S/C16H13BrFNO3/c1-9-7-10(16(21)22-2)3-6-14(9)19-15(20)12-8-11(18)4-5-13(12)17/h3-8H,1-2H3,(H,19,20). The fourth-order valence-corrected chi connectivity index (χ4v) is 2.34. The van der Waals surface area contributed by atoms with E-state index in [-0.39, 0.29) is 5.56 Å². The normalized spacial score (nSPS) is 10.2. The zero-order chi connectivity index (χ0) is 16.3.